The second-order valence-electron chi connectivity index (χ2n) is 7.53. The Bertz CT molecular complexity index is 715. The molecule has 6 heteroatoms. The van der Waals surface area contributed by atoms with Crippen LogP contribution in [-0.2, 0) is 18.4 Å². The largest absolute Gasteiger partial charge is 0.497 e. The monoisotopic (exact) mass is 372 g/mol. The summed E-state index contributed by atoms with van der Waals surface area (Å²) in [6, 6.07) is 8.25. The van der Waals surface area contributed by atoms with E-state index in [-0.39, 0.29) is 5.41 Å². The molecule has 0 radical (unpaired) electrons. The number of unbranched alkanes of at least 4 members (excludes halogenated alkanes) is 1. The summed E-state index contributed by atoms with van der Waals surface area (Å²) in [5.74, 6) is 3.22. The highest BCUT2D eigenvalue weighted by atomic mass is 16.5. The van der Waals surface area contributed by atoms with Gasteiger partial charge in [0.15, 0.2) is 5.96 Å². The van der Waals surface area contributed by atoms with Crippen LogP contribution in [0.25, 0.3) is 0 Å². The quantitative estimate of drug-likeness (QED) is 0.420. The maximum atomic E-state index is 5.79. The molecule has 1 aromatic heterocycles. The van der Waals surface area contributed by atoms with Gasteiger partial charge in [-0.15, -0.1) is 0 Å². The number of nitrogens with zero attached hydrogens (tertiary/aromatic N) is 2. The minimum absolute atomic E-state index is 0.0327. The van der Waals surface area contributed by atoms with Crippen molar-refractivity contribution in [2.24, 2.45) is 4.99 Å². The van der Waals surface area contributed by atoms with Gasteiger partial charge in [0.25, 0.3) is 0 Å². The number of aromatic nitrogens is 1. The average Bonchev–Trinajstić information content (AvgIpc) is 3.14. The second-order valence-corrected chi connectivity index (χ2v) is 7.53. The van der Waals surface area contributed by atoms with Gasteiger partial charge in [-0.2, -0.15) is 0 Å². The molecule has 6 nitrogen and oxygen atoms in total. The SMILES string of the molecule is CN=C(NCCCCc1ccc(OC)cc1)NCc1ncc(C(C)(C)C)o1. The zero-order chi connectivity index (χ0) is 19.7. The van der Waals surface area contributed by atoms with Gasteiger partial charge in [0, 0.05) is 19.0 Å². The van der Waals surface area contributed by atoms with Gasteiger partial charge >= 0.3 is 0 Å². The van der Waals surface area contributed by atoms with E-state index in [2.05, 4.69) is 53.5 Å². The van der Waals surface area contributed by atoms with Crippen LogP contribution in [-0.4, -0.2) is 31.6 Å². The minimum atomic E-state index is -0.0327. The standard InChI is InChI=1S/C21H32N4O2/c1-21(2,3)18-14-24-19(27-18)15-25-20(22-4)23-13-7-6-8-16-9-11-17(26-5)12-10-16/h9-12,14H,6-8,13,15H2,1-5H3,(H2,22,23,25). The molecule has 2 N–H and O–H groups in total. The highest BCUT2D eigenvalue weighted by Gasteiger charge is 2.19. The van der Waals surface area contributed by atoms with Gasteiger partial charge in [0.1, 0.15) is 11.5 Å². The summed E-state index contributed by atoms with van der Waals surface area (Å²) < 4.78 is 11.0. The summed E-state index contributed by atoms with van der Waals surface area (Å²) in [7, 11) is 3.45. The number of hydrogen-bond acceptors (Lipinski definition) is 4. The highest BCUT2D eigenvalue weighted by Crippen LogP contribution is 2.22. The van der Waals surface area contributed by atoms with E-state index in [0.29, 0.717) is 12.4 Å². The van der Waals surface area contributed by atoms with Crippen molar-refractivity contribution in [2.75, 3.05) is 20.7 Å². The molecule has 2 aromatic rings. The third-order valence-electron chi connectivity index (χ3n) is 4.27. The van der Waals surface area contributed by atoms with Gasteiger partial charge in [0.2, 0.25) is 5.89 Å². The van der Waals surface area contributed by atoms with E-state index in [9.17, 15) is 0 Å². The van der Waals surface area contributed by atoms with Crippen LogP contribution in [0.3, 0.4) is 0 Å². The molecule has 0 spiro atoms. The topological polar surface area (TPSA) is 71.7 Å². The first-order valence-corrected chi connectivity index (χ1v) is 9.45. The summed E-state index contributed by atoms with van der Waals surface area (Å²) in [5, 5.41) is 6.57. The Morgan fingerprint density at radius 1 is 1.15 bits per heavy atom. The summed E-state index contributed by atoms with van der Waals surface area (Å²) in [6.45, 7) is 7.71. The van der Waals surface area contributed by atoms with Crippen LogP contribution in [0.1, 0.15) is 50.8 Å². The van der Waals surface area contributed by atoms with E-state index in [4.69, 9.17) is 9.15 Å². The van der Waals surface area contributed by atoms with Crippen molar-refractivity contribution in [3.63, 3.8) is 0 Å². The maximum absolute atomic E-state index is 5.79. The van der Waals surface area contributed by atoms with Gasteiger partial charge in [-0.1, -0.05) is 32.9 Å². The third kappa shape index (κ3) is 6.96. The number of methoxy groups -OCH3 is 1. The number of rotatable bonds is 8. The van der Waals surface area contributed by atoms with E-state index >= 15 is 0 Å². The number of nitrogens with one attached hydrogen (secondary N) is 2. The van der Waals surface area contributed by atoms with Crippen LogP contribution in [0.15, 0.2) is 39.9 Å². The predicted molar refractivity (Wildman–Crippen MR) is 109 cm³/mol. The Morgan fingerprint density at radius 2 is 1.89 bits per heavy atom. The van der Waals surface area contributed by atoms with Crippen molar-refractivity contribution in [2.45, 2.75) is 52.0 Å². The Kier molecular flexibility index (Phi) is 7.70. The van der Waals surface area contributed by atoms with Crippen molar-refractivity contribution in [3.05, 3.63) is 47.7 Å². The summed E-state index contributed by atoms with van der Waals surface area (Å²) in [5.41, 5.74) is 1.30. The van der Waals surface area contributed by atoms with Crippen molar-refractivity contribution in [3.8, 4) is 5.75 Å². The molecule has 0 unspecified atom stereocenters. The first-order chi connectivity index (χ1) is 12.9. The van der Waals surface area contributed by atoms with E-state index in [0.717, 1.165) is 43.3 Å². The molecular weight excluding hydrogens is 340 g/mol. The molecule has 148 valence electrons. The lowest BCUT2D eigenvalue weighted by Crippen LogP contribution is -2.37. The first kappa shape index (κ1) is 20.8. The fourth-order valence-electron chi connectivity index (χ4n) is 2.57. The van der Waals surface area contributed by atoms with Crippen molar-refractivity contribution in [1.82, 2.24) is 15.6 Å². The molecule has 0 saturated carbocycles. The lowest BCUT2D eigenvalue weighted by Gasteiger charge is -2.13. The van der Waals surface area contributed by atoms with Crippen molar-refractivity contribution >= 4 is 5.96 Å². The number of hydrogen-bond donors (Lipinski definition) is 2. The zero-order valence-corrected chi connectivity index (χ0v) is 17.1. The molecule has 1 heterocycles. The Hall–Kier alpha value is -2.50. The fourth-order valence-corrected chi connectivity index (χ4v) is 2.57. The number of benzene rings is 1. The smallest absolute Gasteiger partial charge is 0.213 e. The lowest BCUT2D eigenvalue weighted by atomic mass is 9.94. The van der Waals surface area contributed by atoms with Gasteiger partial charge in [0.05, 0.1) is 19.9 Å². The number of oxazole rings is 1. The summed E-state index contributed by atoms with van der Waals surface area (Å²) in [6.07, 6.45) is 5.04. The molecule has 0 bridgehead atoms. The lowest BCUT2D eigenvalue weighted by molar-refractivity contribution is 0.379. The average molecular weight is 373 g/mol. The zero-order valence-electron chi connectivity index (χ0n) is 17.1. The second kappa shape index (κ2) is 10.00. The summed E-state index contributed by atoms with van der Waals surface area (Å²) >= 11 is 0. The van der Waals surface area contributed by atoms with Crippen molar-refractivity contribution < 1.29 is 9.15 Å². The van der Waals surface area contributed by atoms with Crippen LogP contribution in [0.2, 0.25) is 0 Å². The van der Waals surface area contributed by atoms with Crippen LogP contribution in [0, 0.1) is 0 Å². The first-order valence-electron chi connectivity index (χ1n) is 9.45. The Balaban J connectivity index is 1.65. The number of aliphatic imine (C=N–C) groups is 1. The molecule has 0 fully saturated rings. The van der Waals surface area contributed by atoms with E-state index < -0.39 is 0 Å². The molecule has 2 rings (SSSR count). The van der Waals surface area contributed by atoms with Gasteiger partial charge < -0.3 is 19.8 Å². The molecule has 0 saturated heterocycles. The maximum Gasteiger partial charge on any atom is 0.213 e. The van der Waals surface area contributed by atoms with Crippen LogP contribution < -0.4 is 15.4 Å². The van der Waals surface area contributed by atoms with Crippen LogP contribution in [0.5, 0.6) is 5.75 Å². The van der Waals surface area contributed by atoms with E-state index in [1.807, 2.05) is 12.1 Å². The predicted octanol–water partition coefficient (Wildman–Crippen LogP) is 3.67. The normalized spacial score (nSPS) is 12.1. The fraction of sp³-hybridized carbons (Fsp3) is 0.524. The van der Waals surface area contributed by atoms with Crippen LogP contribution >= 0.6 is 0 Å². The summed E-state index contributed by atoms with van der Waals surface area (Å²) in [4.78, 5) is 8.57. The Labute approximate surface area is 162 Å². The molecule has 0 aliphatic carbocycles. The molecular formula is C21H32N4O2. The molecule has 0 aliphatic heterocycles. The number of aryl methyl sites for hydroxylation is 1. The number of guanidine groups is 1. The minimum Gasteiger partial charge on any atom is -0.497 e. The van der Waals surface area contributed by atoms with E-state index in [1.54, 1.807) is 20.4 Å². The van der Waals surface area contributed by atoms with Crippen molar-refractivity contribution in [1.29, 1.82) is 0 Å². The van der Waals surface area contributed by atoms with Crippen LogP contribution in [0.4, 0.5) is 0 Å². The molecule has 27 heavy (non-hydrogen) atoms. The van der Waals surface area contributed by atoms with Gasteiger partial charge in [-0.3, -0.25) is 4.99 Å². The molecule has 0 aliphatic rings. The van der Waals surface area contributed by atoms with Gasteiger partial charge in [-0.25, -0.2) is 4.98 Å². The third-order valence-corrected chi connectivity index (χ3v) is 4.27. The molecule has 1 aromatic carbocycles. The number of ether oxygens (including phenoxy) is 1. The Morgan fingerprint density at radius 3 is 2.48 bits per heavy atom. The highest BCUT2D eigenvalue weighted by molar-refractivity contribution is 5.79. The van der Waals surface area contributed by atoms with Gasteiger partial charge in [-0.05, 0) is 37.0 Å². The van der Waals surface area contributed by atoms with E-state index in [1.165, 1.54) is 5.56 Å². The molecule has 0 atom stereocenters. The molecule has 0 amide bonds.